The van der Waals surface area contributed by atoms with Crippen molar-refractivity contribution in [2.45, 2.75) is 13.5 Å². The van der Waals surface area contributed by atoms with E-state index in [0.717, 1.165) is 38.9 Å². The van der Waals surface area contributed by atoms with Crippen LogP contribution in [0.5, 0.6) is 0 Å². The number of benzene rings is 3. The van der Waals surface area contributed by atoms with Gasteiger partial charge in [0.05, 0.1) is 21.8 Å². The minimum absolute atomic E-state index is 0.571. The summed E-state index contributed by atoms with van der Waals surface area (Å²) in [6.45, 7) is 2.68. The van der Waals surface area contributed by atoms with Crippen molar-refractivity contribution in [2.75, 3.05) is 5.32 Å². The Kier molecular flexibility index (Phi) is 5.45. The first-order valence-electron chi connectivity index (χ1n) is 9.81. The van der Waals surface area contributed by atoms with Crippen LogP contribution in [0.3, 0.4) is 0 Å². The van der Waals surface area contributed by atoms with Gasteiger partial charge in [-0.05, 0) is 79.2 Å². The molecule has 5 rings (SSSR count). The van der Waals surface area contributed by atoms with Gasteiger partial charge in [0.15, 0.2) is 0 Å². The third-order valence-electron chi connectivity index (χ3n) is 5.00. The summed E-state index contributed by atoms with van der Waals surface area (Å²) in [5.74, 6) is 1.55. The molecule has 0 aliphatic carbocycles. The SMILES string of the molecule is Cc1ccc2nc(-c3ccc(NCc4ccc(-c5ccc(Cl)cc5Cl)o4)cc3)sc2c1. The zero-order valence-electron chi connectivity index (χ0n) is 16.7. The molecule has 0 radical (unpaired) electrons. The van der Waals surface area contributed by atoms with Crippen molar-refractivity contribution >= 4 is 50.4 Å². The number of rotatable bonds is 5. The summed E-state index contributed by atoms with van der Waals surface area (Å²) in [4.78, 5) is 4.76. The van der Waals surface area contributed by atoms with Crippen molar-refractivity contribution in [1.82, 2.24) is 4.98 Å². The topological polar surface area (TPSA) is 38.1 Å². The first-order chi connectivity index (χ1) is 15.0. The minimum atomic E-state index is 0.571. The van der Waals surface area contributed by atoms with Crippen molar-refractivity contribution < 1.29 is 4.42 Å². The third kappa shape index (κ3) is 4.33. The monoisotopic (exact) mass is 464 g/mol. The molecule has 2 aromatic heterocycles. The second kappa shape index (κ2) is 8.39. The maximum atomic E-state index is 6.28. The molecular formula is C25H18Cl2N2OS. The predicted molar refractivity (Wildman–Crippen MR) is 131 cm³/mol. The normalized spacial score (nSPS) is 11.2. The van der Waals surface area contributed by atoms with E-state index in [4.69, 9.17) is 32.6 Å². The Hall–Kier alpha value is -2.79. The molecule has 5 aromatic rings. The summed E-state index contributed by atoms with van der Waals surface area (Å²) in [6.07, 6.45) is 0. The van der Waals surface area contributed by atoms with Gasteiger partial charge in [-0.15, -0.1) is 11.3 Å². The van der Waals surface area contributed by atoms with Gasteiger partial charge in [-0.2, -0.15) is 0 Å². The van der Waals surface area contributed by atoms with Gasteiger partial charge >= 0.3 is 0 Å². The molecule has 31 heavy (non-hydrogen) atoms. The summed E-state index contributed by atoms with van der Waals surface area (Å²) in [5.41, 5.74) is 5.25. The quantitative estimate of drug-likeness (QED) is 0.283. The van der Waals surface area contributed by atoms with Crippen molar-refractivity contribution in [3.63, 3.8) is 0 Å². The smallest absolute Gasteiger partial charge is 0.135 e. The molecule has 2 heterocycles. The number of thiazole rings is 1. The summed E-state index contributed by atoms with van der Waals surface area (Å²) in [7, 11) is 0. The van der Waals surface area contributed by atoms with Gasteiger partial charge in [0.2, 0.25) is 0 Å². The summed E-state index contributed by atoms with van der Waals surface area (Å²) in [5, 5.41) is 5.60. The molecule has 3 nitrogen and oxygen atoms in total. The first-order valence-corrected chi connectivity index (χ1v) is 11.4. The molecule has 6 heteroatoms. The third-order valence-corrected chi connectivity index (χ3v) is 6.62. The van der Waals surface area contributed by atoms with Gasteiger partial charge in [0, 0.05) is 21.8 Å². The number of halogens is 2. The van der Waals surface area contributed by atoms with Crippen LogP contribution in [0.4, 0.5) is 5.69 Å². The van der Waals surface area contributed by atoms with E-state index >= 15 is 0 Å². The molecule has 1 N–H and O–H groups in total. The van der Waals surface area contributed by atoms with Crippen molar-refractivity contribution in [3.05, 3.63) is 94.2 Å². The van der Waals surface area contributed by atoms with Gasteiger partial charge in [0.1, 0.15) is 16.5 Å². The Morgan fingerprint density at radius 3 is 2.58 bits per heavy atom. The summed E-state index contributed by atoms with van der Waals surface area (Å²) >= 11 is 14.0. The van der Waals surface area contributed by atoms with Crippen LogP contribution in [0.15, 0.2) is 77.2 Å². The molecule has 0 unspecified atom stereocenters. The fraction of sp³-hybridized carbons (Fsp3) is 0.0800. The second-order valence-corrected chi connectivity index (χ2v) is 9.19. The fourth-order valence-corrected chi connectivity index (χ4v) is 4.95. The lowest BCUT2D eigenvalue weighted by molar-refractivity contribution is 0.531. The molecule has 0 saturated carbocycles. The Morgan fingerprint density at radius 2 is 1.77 bits per heavy atom. The van der Waals surface area contributed by atoms with Crippen molar-refractivity contribution in [1.29, 1.82) is 0 Å². The van der Waals surface area contributed by atoms with E-state index in [2.05, 4.69) is 54.7 Å². The highest BCUT2D eigenvalue weighted by molar-refractivity contribution is 7.21. The molecule has 0 bridgehead atoms. The maximum absolute atomic E-state index is 6.28. The highest BCUT2D eigenvalue weighted by Crippen LogP contribution is 2.33. The minimum Gasteiger partial charge on any atom is -0.459 e. The Bertz CT molecular complexity index is 1370. The van der Waals surface area contributed by atoms with E-state index < -0.39 is 0 Å². The van der Waals surface area contributed by atoms with Gasteiger partial charge in [0.25, 0.3) is 0 Å². The predicted octanol–water partition coefficient (Wildman–Crippen LogP) is 8.45. The lowest BCUT2D eigenvalue weighted by Crippen LogP contribution is -1.97. The number of furan rings is 1. The van der Waals surface area contributed by atoms with Gasteiger partial charge in [-0.3, -0.25) is 0 Å². The molecule has 0 atom stereocenters. The number of fused-ring (bicyclic) bond motifs is 1. The van der Waals surface area contributed by atoms with Crippen LogP contribution in [0, 0.1) is 6.92 Å². The largest absolute Gasteiger partial charge is 0.459 e. The number of hydrogen-bond acceptors (Lipinski definition) is 4. The van der Waals surface area contributed by atoms with Crippen LogP contribution in [0.1, 0.15) is 11.3 Å². The highest BCUT2D eigenvalue weighted by Gasteiger charge is 2.10. The van der Waals surface area contributed by atoms with Crippen molar-refractivity contribution in [2.24, 2.45) is 0 Å². The van der Waals surface area contributed by atoms with Gasteiger partial charge in [-0.1, -0.05) is 29.3 Å². The number of aromatic nitrogens is 1. The molecular weight excluding hydrogens is 447 g/mol. The van der Waals surface area contributed by atoms with E-state index in [1.54, 1.807) is 23.5 Å². The van der Waals surface area contributed by atoms with E-state index in [1.165, 1.54) is 10.3 Å². The Morgan fingerprint density at radius 1 is 0.935 bits per heavy atom. The Labute approximate surface area is 194 Å². The Balaban J connectivity index is 1.27. The van der Waals surface area contributed by atoms with Crippen LogP contribution < -0.4 is 5.32 Å². The standard InChI is InChI=1S/C25H18Cl2N2OS/c1-15-2-10-22-24(12-15)31-25(29-22)16-3-6-18(7-4-16)28-14-19-8-11-23(30-19)20-9-5-17(26)13-21(20)27/h2-13,28H,14H2,1H3. The fourth-order valence-electron chi connectivity index (χ4n) is 3.38. The molecule has 0 amide bonds. The van der Waals surface area contributed by atoms with E-state index in [1.807, 2.05) is 18.2 Å². The molecule has 3 aromatic carbocycles. The van der Waals surface area contributed by atoms with Gasteiger partial charge < -0.3 is 9.73 Å². The van der Waals surface area contributed by atoms with E-state index in [-0.39, 0.29) is 0 Å². The van der Waals surface area contributed by atoms with Crippen molar-refractivity contribution in [3.8, 4) is 21.9 Å². The first kappa shape index (κ1) is 20.1. The van der Waals surface area contributed by atoms with Crippen LogP contribution >= 0.6 is 34.5 Å². The molecule has 0 fully saturated rings. The highest BCUT2D eigenvalue weighted by atomic mass is 35.5. The molecule has 154 valence electrons. The van der Waals surface area contributed by atoms with E-state index in [0.29, 0.717) is 16.6 Å². The second-order valence-electron chi connectivity index (χ2n) is 7.31. The number of nitrogens with one attached hydrogen (secondary N) is 1. The zero-order chi connectivity index (χ0) is 21.4. The van der Waals surface area contributed by atoms with Crippen LogP contribution in [-0.2, 0) is 6.54 Å². The summed E-state index contributed by atoms with van der Waals surface area (Å²) < 4.78 is 7.16. The average Bonchev–Trinajstić information content (AvgIpc) is 3.39. The molecule has 0 aliphatic heterocycles. The van der Waals surface area contributed by atoms with Crippen LogP contribution in [0.2, 0.25) is 10.0 Å². The zero-order valence-corrected chi connectivity index (χ0v) is 19.0. The average molecular weight is 465 g/mol. The van der Waals surface area contributed by atoms with Gasteiger partial charge in [-0.25, -0.2) is 4.98 Å². The maximum Gasteiger partial charge on any atom is 0.135 e. The van der Waals surface area contributed by atoms with Crippen LogP contribution in [-0.4, -0.2) is 4.98 Å². The lowest BCUT2D eigenvalue weighted by Gasteiger charge is -2.06. The molecule has 0 spiro atoms. The summed E-state index contributed by atoms with van der Waals surface area (Å²) in [6, 6.07) is 23.9. The lowest BCUT2D eigenvalue weighted by atomic mass is 10.2. The number of nitrogens with zero attached hydrogens (tertiary/aromatic N) is 1. The number of anilines is 1. The van der Waals surface area contributed by atoms with E-state index in [9.17, 15) is 0 Å². The number of hydrogen-bond donors (Lipinski definition) is 1. The number of aryl methyl sites for hydroxylation is 1. The molecule has 0 saturated heterocycles. The van der Waals surface area contributed by atoms with Crippen LogP contribution in [0.25, 0.3) is 32.1 Å². The molecule has 0 aliphatic rings.